The predicted molar refractivity (Wildman–Crippen MR) is 152 cm³/mol. The number of benzene rings is 3. The summed E-state index contributed by atoms with van der Waals surface area (Å²) in [6.07, 6.45) is 2.64. The molecule has 1 fully saturated rings. The number of hydrogen-bond donors (Lipinski definition) is 2. The molecule has 0 spiro atoms. The van der Waals surface area contributed by atoms with Crippen molar-refractivity contribution in [3.8, 4) is 11.1 Å². The molecule has 3 aromatic rings. The first-order valence-electron chi connectivity index (χ1n) is 13.3. The molecule has 1 unspecified atom stereocenters. The first-order chi connectivity index (χ1) is 18.2. The minimum atomic E-state index is -0.894. The fourth-order valence-electron chi connectivity index (χ4n) is 4.37. The Kier molecular flexibility index (Phi) is 13.1. The van der Waals surface area contributed by atoms with Crippen molar-refractivity contribution in [1.29, 1.82) is 0 Å². The number of hydrogen-bond acceptors (Lipinski definition) is 4. The lowest BCUT2D eigenvalue weighted by atomic mass is 9.94. The minimum Gasteiger partial charge on any atom is -0.478 e. The van der Waals surface area contributed by atoms with Gasteiger partial charge < -0.3 is 19.8 Å². The third-order valence-corrected chi connectivity index (χ3v) is 6.53. The summed E-state index contributed by atoms with van der Waals surface area (Å²) < 4.78 is 18.3. The van der Waals surface area contributed by atoms with Crippen LogP contribution in [-0.4, -0.2) is 53.9 Å². The zero-order valence-electron chi connectivity index (χ0n) is 23.3. The molecule has 1 heterocycles. The van der Waals surface area contributed by atoms with Gasteiger partial charge in [0.05, 0.1) is 18.3 Å². The summed E-state index contributed by atoms with van der Waals surface area (Å²) in [5, 5.41) is 17.6. The van der Waals surface area contributed by atoms with E-state index in [9.17, 15) is 9.18 Å². The van der Waals surface area contributed by atoms with Gasteiger partial charge in [0, 0.05) is 13.2 Å². The van der Waals surface area contributed by atoms with Crippen LogP contribution in [0.2, 0.25) is 0 Å². The lowest BCUT2D eigenvalue weighted by Gasteiger charge is -2.17. The Hall–Kier alpha value is -3.06. The molecule has 4 rings (SSSR count). The van der Waals surface area contributed by atoms with Crippen LogP contribution in [0.25, 0.3) is 11.1 Å². The van der Waals surface area contributed by atoms with Crippen LogP contribution in [-0.2, 0) is 4.74 Å². The van der Waals surface area contributed by atoms with Crippen molar-refractivity contribution in [3.63, 3.8) is 0 Å². The number of nitrogens with zero attached hydrogens (tertiary/aromatic N) is 1. The molecule has 1 aliphatic rings. The van der Waals surface area contributed by atoms with Gasteiger partial charge >= 0.3 is 5.97 Å². The third kappa shape index (κ3) is 9.67. The van der Waals surface area contributed by atoms with Gasteiger partial charge in [-0.1, -0.05) is 48.5 Å². The minimum absolute atomic E-state index is 0.00524. The topological polar surface area (TPSA) is 70.0 Å². The second-order valence-corrected chi connectivity index (χ2v) is 9.54. The molecule has 0 amide bonds. The average Bonchev–Trinajstić information content (AvgIpc) is 3.41. The van der Waals surface area contributed by atoms with Gasteiger partial charge in [-0.3, -0.25) is 0 Å². The normalized spacial score (nSPS) is 13.7. The molecular weight excluding hydrogens is 481 g/mol. The van der Waals surface area contributed by atoms with Crippen LogP contribution < -0.4 is 0 Å². The van der Waals surface area contributed by atoms with E-state index in [1.54, 1.807) is 19.1 Å². The Morgan fingerprint density at radius 2 is 1.68 bits per heavy atom. The van der Waals surface area contributed by atoms with Gasteiger partial charge in [-0.05, 0) is 106 Å². The first kappa shape index (κ1) is 31.2. The molecule has 1 atom stereocenters. The van der Waals surface area contributed by atoms with Crippen LogP contribution >= 0.6 is 0 Å². The summed E-state index contributed by atoms with van der Waals surface area (Å²) in [4.78, 5) is 13.4. The maximum absolute atomic E-state index is 12.6. The lowest BCUT2D eigenvalue weighted by Crippen LogP contribution is -2.22. The zero-order chi connectivity index (χ0) is 28.1. The van der Waals surface area contributed by atoms with Gasteiger partial charge in [0.25, 0.3) is 0 Å². The Morgan fingerprint density at radius 3 is 2.24 bits per heavy atom. The van der Waals surface area contributed by atoms with Gasteiger partial charge in [0.1, 0.15) is 5.82 Å². The molecule has 3 aromatic carbocycles. The Morgan fingerprint density at radius 1 is 1.00 bits per heavy atom. The van der Waals surface area contributed by atoms with E-state index in [4.69, 9.17) is 14.9 Å². The van der Waals surface area contributed by atoms with Crippen molar-refractivity contribution in [2.75, 3.05) is 32.8 Å². The van der Waals surface area contributed by atoms with Crippen molar-refractivity contribution in [3.05, 3.63) is 94.3 Å². The van der Waals surface area contributed by atoms with E-state index in [2.05, 4.69) is 11.0 Å². The second kappa shape index (κ2) is 16.0. The Balaban J connectivity index is 0.000000243. The first-order valence-corrected chi connectivity index (χ1v) is 13.3. The lowest BCUT2D eigenvalue weighted by molar-refractivity contribution is 0.0695. The Labute approximate surface area is 226 Å². The van der Waals surface area contributed by atoms with Crippen LogP contribution in [0.4, 0.5) is 4.39 Å². The molecule has 5 nitrogen and oxygen atoms in total. The number of aryl methyl sites for hydroxylation is 3. The van der Waals surface area contributed by atoms with E-state index >= 15 is 0 Å². The van der Waals surface area contributed by atoms with Crippen molar-refractivity contribution < 1.29 is 24.1 Å². The number of aliphatic hydroxyl groups is 1. The van der Waals surface area contributed by atoms with E-state index in [0.29, 0.717) is 24.3 Å². The number of ether oxygens (including phenoxy) is 1. The van der Waals surface area contributed by atoms with E-state index in [1.165, 1.54) is 32.0 Å². The van der Waals surface area contributed by atoms with E-state index in [1.807, 2.05) is 64.1 Å². The average molecular weight is 524 g/mol. The molecule has 0 radical (unpaired) electrons. The summed E-state index contributed by atoms with van der Waals surface area (Å²) in [5.74, 6) is -1.01. The number of rotatable bonds is 7. The highest BCUT2D eigenvalue weighted by molar-refractivity contribution is 5.90. The van der Waals surface area contributed by atoms with Crippen LogP contribution in [0.1, 0.15) is 65.4 Å². The number of halogens is 1. The van der Waals surface area contributed by atoms with Crippen LogP contribution in [0.15, 0.2) is 60.7 Å². The molecule has 38 heavy (non-hydrogen) atoms. The highest BCUT2D eigenvalue weighted by Crippen LogP contribution is 2.31. The van der Waals surface area contributed by atoms with Crippen molar-refractivity contribution >= 4 is 5.97 Å². The van der Waals surface area contributed by atoms with Crippen LogP contribution in [0.3, 0.4) is 0 Å². The molecule has 0 aromatic heterocycles. The number of carboxylic acid groups (broad SMARTS) is 1. The molecule has 2 N–H and O–H groups in total. The molecular formula is C32H42FNO4. The summed E-state index contributed by atoms with van der Waals surface area (Å²) >= 11 is 0. The third-order valence-electron chi connectivity index (χ3n) is 6.53. The monoisotopic (exact) mass is 523 g/mol. The fraction of sp³-hybridized carbons (Fsp3) is 0.406. The van der Waals surface area contributed by atoms with Gasteiger partial charge in [0.15, 0.2) is 0 Å². The quantitative estimate of drug-likeness (QED) is 0.350. The van der Waals surface area contributed by atoms with Crippen LogP contribution in [0.5, 0.6) is 0 Å². The molecule has 1 aliphatic heterocycles. The largest absolute Gasteiger partial charge is 0.478 e. The number of aromatic carboxylic acids is 1. The summed E-state index contributed by atoms with van der Waals surface area (Å²) in [6, 6.07) is 18.7. The summed E-state index contributed by atoms with van der Waals surface area (Å²) in [5.41, 5.74) is 5.99. The fourth-order valence-corrected chi connectivity index (χ4v) is 4.37. The highest BCUT2D eigenvalue weighted by atomic mass is 19.1. The number of carboxylic acids is 1. The van der Waals surface area contributed by atoms with E-state index in [-0.39, 0.29) is 11.9 Å². The van der Waals surface area contributed by atoms with E-state index in [0.717, 1.165) is 34.4 Å². The predicted octanol–water partition coefficient (Wildman–Crippen LogP) is 6.97. The smallest absolute Gasteiger partial charge is 0.335 e. The van der Waals surface area contributed by atoms with Gasteiger partial charge in [0.2, 0.25) is 0 Å². The maximum Gasteiger partial charge on any atom is 0.335 e. The zero-order valence-corrected chi connectivity index (χ0v) is 23.3. The molecule has 1 saturated heterocycles. The van der Waals surface area contributed by atoms with Crippen molar-refractivity contribution in [1.82, 2.24) is 4.90 Å². The number of likely N-dealkylation sites (tertiary alicyclic amines) is 1. The standard InChI is InChI=1S/C18H20O3.C8H9F.C6H13NO/c1-4-21-13(3)16-7-5-6-8-17(16)14-9-10-15(18(19)20)12(2)11-14;1-6-3-4-7(2)8(9)5-6;8-6-5-7-3-1-2-4-7/h5-11,13H,4H2,1-3H3,(H,19,20);3-5H,1-2H3;8H,1-6H2. The van der Waals surface area contributed by atoms with Gasteiger partial charge in [-0.2, -0.15) is 0 Å². The SMILES string of the molecule is CCOC(C)c1ccccc1-c1ccc(C(=O)O)c(C)c1.Cc1ccc(C)c(F)c1.OCCN1CCCC1. The van der Waals surface area contributed by atoms with E-state index < -0.39 is 5.97 Å². The molecule has 0 bridgehead atoms. The van der Waals surface area contributed by atoms with Gasteiger partial charge in [-0.15, -0.1) is 0 Å². The van der Waals surface area contributed by atoms with Crippen LogP contribution in [0, 0.1) is 26.6 Å². The van der Waals surface area contributed by atoms with Crippen molar-refractivity contribution in [2.24, 2.45) is 0 Å². The summed E-state index contributed by atoms with van der Waals surface area (Å²) in [6.45, 7) is 13.7. The van der Waals surface area contributed by atoms with Gasteiger partial charge in [-0.25, -0.2) is 9.18 Å². The molecule has 0 aliphatic carbocycles. The number of aliphatic hydroxyl groups excluding tert-OH is 1. The number of carbonyl (C=O) groups is 1. The Bertz CT molecular complexity index is 1160. The van der Waals surface area contributed by atoms with Crippen molar-refractivity contribution in [2.45, 2.75) is 53.6 Å². The molecule has 0 saturated carbocycles. The second-order valence-electron chi connectivity index (χ2n) is 9.54. The molecule has 206 valence electrons. The maximum atomic E-state index is 12.6. The highest BCUT2D eigenvalue weighted by Gasteiger charge is 2.14. The summed E-state index contributed by atoms with van der Waals surface area (Å²) in [7, 11) is 0. The molecule has 6 heteroatoms. The number of β-amino-alcohol motifs (C(OH)–C–C–N with tert-alkyl or cyclic N) is 1.